The Morgan fingerprint density at radius 3 is 2.96 bits per heavy atom. The number of primary amides is 1. The number of hydrogen-bond donors (Lipinski definition) is 1. The molecule has 0 aliphatic carbocycles. The third-order valence-electron chi connectivity index (χ3n) is 4.45. The first-order valence-corrected chi connectivity index (χ1v) is 8.52. The third kappa shape index (κ3) is 4.47. The van der Waals surface area contributed by atoms with Gasteiger partial charge in [-0.05, 0) is 55.5 Å². The number of aryl methyl sites for hydroxylation is 1. The number of amides is 1. The number of nitrogens with two attached hydrogens (primary N) is 1. The second kappa shape index (κ2) is 7.96. The van der Waals surface area contributed by atoms with E-state index in [4.69, 9.17) is 10.5 Å². The molecule has 2 N–H and O–H groups in total. The van der Waals surface area contributed by atoms with Gasteiger partial charge in [-0.25, -0.2) is 9.18 Å². The highest BCUT2D eigenvalue weighted by atomic mass is 19.1. The van der Waals surface area contributed by atoms with Crippen molar-refractivity contribution in [3.63, 3.8) is 0 Å². The molecule has 0 atom stereocenters. The summed E-state index contributed by atoms with van der Waals surface area (Å²) in [6, 6.07) is 9.28. The Labute approximate surface area is 146 Å². The van der Waals surface area contributed by atoms with E-state index in [0.717, 1.165) is 55.7 Å². The van der Waals surface area contributed by atoms with Crippen LogP contribution in [-0.4, -0.2) is 24.2 Å². The number of carbonyl (C=O) groups is 1. The van der Waals surface area contributed by atoms with Crippen molar-refractivity contribution in [3.05, 3.63) is 59.2 Å². The lowest BCUT2D eigenvalue weighted by Gasteiger charge is -2.19. The van der Waals surface area contributed by atoms with Crippen molar-refractivity contribution in [3.8, 4) is 0 Å². The van der Waals surface area contributed by atoms with Gasteiger partial charge in [-0.2, -0.15) is 0 Å². The zero-order valence-corrected chi connectivity index (χ0v) is 14.1. The van der Waals surface area contributed by atoms with Crippen molar-refractivity contribution < 1.29 is 13.9 Å². The number of rotatable bonds is 7. The molecule has 0 unspecified atom stereocenters. The summed E-state index contributed by atoms with van der Waals surface area (Å²) in [6.45, 7) is 1.66. The Hall–Kier alpha value is -2.63. The van der Waals surface area contributed by atoms with Crippen LogP contribution in [0.4, 0.5) is 14.9 Å². The van der Waals surface area contributed by atoms with E-state index in [0.29, 0.717) is 5.56 Å². The van der Waals surface area contributed by atoms with Crippen LogP contribution in [0.3, 0.4) is 0 Å². The standard InChI is InChI=1S/C19H22FN3O2/c20-17-12-18-14(11-15(17)13-25-19(21)24)7-10-23(18)9-4-2-6-16-5-1-3-8-22-16/h1,3,5,8,11-12H,2,4,6-7,9-10,13H2,(H2,21,24). The molecule has 2 aromatic rings. The SMILES string of the molecule is NC(=O)OCc1cc2c(cc1F)N(CCCCc1ccccn1)CC2. The Bertz CT molecular complexity index is 737. The molecule has 5 nitrogen and oxygen atoms in total. The van der Waals surface area contributed by atoms with Crippen molar-refractivity contribution in [2.24, 2.45) is 5.73 Å². The summed E-state index contributed by atoms with van der Waals surface area (Å²) >= 11 is 0. The first-order valence-electron chi connectivity index (χ1n) is 8.52. The maximum Gasteiger partial charge on any atom is 0.404 e. The number of halogens is 1. The number of unbranched alkanes of at least 4 members (excludes halogenated alkanes) is 1. The summed E-state index contributed by atoms with van der Waals surface area (Å²) in [4.78, 5) is 17.2. The summed E-state index contributed by atoms with van der Waals surface area (Å²) in [6.07, 6.45) is 4.84. The minimum atomic E-state index is -0.894. The Kier molecular flexibility index (Phi) is 5.48. The van der Waals surface area contributed by atoms with Crippen LogP contribution in [0, 0.1) is 5.82 Å². The first kappa shape index (κ1) is 17.2. The van der Waals surface area contributed by atoms with E-state index in [2.05, 4.69) is 9.88 Å². The number of nitrogens with zero attached hydrogens (tertiary/aromatic N) is 2. The van der Waals surface area contributed by atoms with Gasteiger partial charge >= 0.3 is 6.09 Å². The molecule has 0 saturated heterocycles. The maximum absolute atomic E-state index is 14.2. The quantitative estimate of drug-likeness (QED) is 0.784. The maximum atomic E-state index is 14.2. The number of fused-ring (bicyclic) bond motifs is 1. The molecule has 6 heteroatoms. The summed E-state index contributed by atoms with van der Waals surface area (Å²) in [5, 5.41) is 0. The average molecular weight is 343 g/mol. The predicted octanol–water partition coefficient (Wildman–Crippen LogP) is 3.20. The minimum absolute atomic E-state index is 0.126. The number of carbonyl (C=O) groups excluding carboxylic acids is 1. The lowest BCUT2D eigenvalue weighted by Crippen LogP contribution is -2.22. The van der Waals surface area contributed by atoms with E-state index >= 15 is 0 Å². The molecule has 2 heterocycles. The normalized spacial score (nSPS) is 12.9. The fourth-order valence-electron chi connectivity index (χ4n) is 3.18. The van der Waals surface area contributed by atoms with Crippen LogP contribution >= 0.6 is 0 Å². The van der Waals surface area contributed by atoms with E-state index in [1.165, 1.54) is 0 Å². The fraction of sp³-hybridized carbons (Fsp3) is 0.368. The lowest BCUT2D eigenvalue weighted by molar-refractivity contribution is 0.149. The topological polar surface area (TPSA) is 68.5 Å². The molecule has 0 bridgehead atoms. The Balaban J connectivity index is 1.54. The van der Waals surface area contributed by atoms with Gasteiger partial charge in [0.05, 0.1) is 0 Å². The zero-order valence-electron chi connectivity index (χ0n) is 14.1. The van der Waals surface area contributed by atoms with E-state index in [1.54, 1.807) is 12.1 Å². The van der Waals surface area contributed by atoms with Gasteiger partial charge in [0.15, 0.2) is 0 Å². The van der Waals surface area contributed by atoms with Crippen molar-refractivity contribution in [2.75, 3.05) is 18.0 Å². The van der Waals surface area contributed by atoms with Crippen LogP contribution in [0.15, 0.2) is 36.5 Å². The number of benzene rings is 1. The van der Waals surface area contributed by atoms with Gasteiger partial charge in [-0.1, -0.05) is 6.07 Å². The highest BCUT2D eigenvalue weighted by molar-refractivity contribution is 5.65. The minimum Gasteiger partial charge on any atom is -0.445 e. The second-order valence-corrected chi connectivity index (χ2v) is 6.20. The second-order valence-electron chi connectivity index (χ2n) is 6.20. The highest BCUT2D eigenvalue weighted by Gasteiger charge is 2.21. The number of anilines is 1. The molecular formula is C19H22FN3O2. The predicted molar refractivity (Wildman–Crippen MR) is 93.9 cm³/mol. The van der Waals surface area contributed by atoms with Crippen LogP contribution in [0.25, 0.3) is 0 Å². The fourth-order valence-corrected chi connectivity index (χ4v) is 3.18. The van der Waals surface area contributed by atoms with Crippen molar-refractivity contribution in [2.45, 2.75) is 32.3 Å². The summed E-state index contributed by atoms with van der Waals surface area (Å²) in [5.41, 5.74) is 8.45. The highest BCUT2D eigenvalue weighted by Crippen LogP contribution is 2.31. The molecule has 1 amide bonds. The molecule has 132 valence electrons. The van der Waals surface area contributed by atoms with Crippen LogP contribution in [0.1, 0.15) is 29.7 Å². The number of pyridine rings is 1. The molecule has 1 aromatic carbocycles. The number of ether oxygens (including phenoxy) is 1. The largest absolute Gasteiger partial charge is 0.445 e. The molecule has 0 radical (unpaired) electrons. The molecule has 3 rings (SSSR count). The molecule has 1 aliphatic heterocycles. The van der Waals surface area contributed by atoms with E-state index < -0.39 is 6.09 Å². The molecular weight excluding hydrogens is 321 g/mol. The smallest absolute Gasteiger partial charge is 0.404 e. The van der Waals surface area contributed by atoms with Crippen LogP contribution in [0.5, 0.6) is 0 Å². The van der Waals surface area contributed by atoms with Crippen molar-refractivity contribution in [1.29, 1.82) is 0 Å². The molecule has 1 aromatic heterocycles. The zero-order chi connectivity index (χ0) is 17.6. The molecule has 0 saturated carbocycles. The van der Waals surface area contributed by atoms with Crippen LogP contribution in [0.2, 0.25) is 0 Å². The van der Waals surface area contributed by atoms with Crippen LogP contribution < -0.4 is 10.6 Å². The van der Waals surface area contributed by atoms with E-state index in [1.807, 2.05) is 24.4 Å². The summed E-state index contributed by atoms with van der Waals surface area (Å²) in [5.74, 6) is -0.361. The van der Waals surface area contributed by atoms with Gasteiger partial charge in [0.2, 0.25) is 0 Å². The van der Waals surface area contributed by atoms with Gasteiger partial charge in [0.1, 0.15) is 12.4 Å². The Morgan fingerprint density at radius 2 is 2.20 bits per heavy atom. The average Bonchev–Trinajstić information content (AvgIpc) is 2.99. The van der Waals surface area contributed by atoms with Gasteiger partial charge in [0, 0.05) is 36.2 Å². The lowest BCUT2D eigenvalue weighted by atomic mass is 10.1. The molecule has 0 spiro atoms. The number of hydrogen-bond acceptors (Lipinski definition) is 4. The summed E-state index contributed by atoms with van der Waals surface area (Å²) < 4.78 is 18.9. The van der Waals surface area contributed by atoms with Gasteiger partial charge in [-0.15, -0.1) is 0 Å². The third-order valence-corrected chi connectivity index (χ3v) is 4.45. The van der Waals surface area contributed by atoms with E-state index in [-0.39, 0.29) is 12.4 Å². The number of aromatic nitrogens is 1. The van der Waals surface area contributed by atoms with Gasteiger partial charge < -0.3 is 15.4 Å². The Morgan fingerprint density at radius 1 is 1.32 bits per heavy atom. The van der Waals surface area contributed by atoms with E-state index in [9.17, 15) is 9.18 Å². The first-order chi connectivity index (χ1) is 12.1. The molecule has 25 heavy (non-hydrogen) atoms. The summed E-state index contributed by atoms with van der Waals surface area (Å²) in [7, 11) is 0. The van der Waals surface area contributed by atoms with Crippen LogP contribution in [-0.2, 0) is 24.2 Å². The van der Waals surface area contributed by atoms with Gasteiger partial charge in [-0.3, -0.25) is 4.98 Å². The molecule has 0 fully saturated rings. The molecule has 1 aliphatic rings. The van der Waals surface area contributed by atoms with Gasteiger partial charge in [0.25, 0.3) is 0 Å². The van der Waals surface area contributed by atoms with Crippen molar-refractivity contribution >= 4 is 11.8 Å². The van der Waals surface area contributed by atoms with Crippen molar-refractivity contribution in [1.82, 2.24) is 4.98 Å². The monoisotopic (exact) mass is 343 g/mol.